The van der Waals surface area contributed by atoms with Crippen molar-refractivity contribution in [2.75, 3.05) is 14.2 Å². The number of nitrogens with one attached hydrogen (secondary N) is 1. The van der Waals surface area contributed by atoms with E-state index in [9.17, 15) is 9.18 Å². The summed E-state index contributed by atoms with van der Waals surface area (Å²) in [7, 11) is 3.21. The van der Waals surface area contributed by atoms with Gasteiger partial charge >= 0.3 is 0 Å². The summed E-state index contributed by atoms with van der Waals surface area (Å²) in [5, 5.41) is 0.696. The molecule has 1 heterocycles. The van der Waals surface area contributed by atoms with E-state index in [0.717, 1.165) is 22.4 Å². The molecule has 0 atom stereocenters. The summed E-state index contributed by atoms with van der Waals surface area (Å²) >= 11 is 0. The van der Waals surface area contributed by atoms with E-state index in [4.69, 9.17) is 9.47 Å². The SMILES string of the molecule is COc1cc(C)c(CCC(=O)c2cc3cc(F)ccc3[nH]2)c(OC)c1. The van der Waals surface area contributed by atoms with Gasteiger partial charge in [0.05, 0.1) is 19.9 Å². The molecule has 0 spiro atoms. The number of Topliss-reactive ketones (excluding diaryl/α,β-unsaturated/α-hetero) is 1. The minimum atomic E-state index is -0.316. The molecule has 1 aromatic heterocycles. The maximum atomic E-state index is 13.3. The van der Waals surface area contributed by atoms with Crippen LogP contribution in [0.2, 0.25) is 0 Å². The number of aromatic amines is 1. The molecule has 0 bridgehead atoms. The summed E-state index contributed by atoms with van der Waals surface area (Å²) in [6, 6.07) is 9.86. The lowest BCUT2D eigenvalue weighted by Crippen LogP contribution is -2.04. The van der Waals surface area contributed by atoms with Crippen molar-refractivity contribution < 1.29 is 18.7 Å². The van der Waals surface area contributed by atoms with Crippen LogP contribution in [0.5, 0.6) is 11.5 Å². The van der Waals surface area contributed by atoms with Crippen LogP contribution in [0.25, 0.3) is 10.9 Å². The Hall–Kier alpha value is -2.82. The van der Waals surface area contributed by atoms with Gasteiger partial charge < -0.3 is 14.5 Å². The fourth-order valence-electron chi connectivity index (χ4n) is 3.00. The zero-order valence-electron chi connectivity index (χ0n) is 14.5. The summed E-state index contributed by atoms with van der Waals surface area (Å²) in [6.07, 6.45) is 0.889. The number of ketones is 1. The van der Waals surface area contributed by atoms with Crippen molar-refractivity contribution in [3.63, 3.8) is 0 Å². The first-order valence-corrected chi connectivity index (χ1v) is 8.05. The summed E-state index contributed by atoms with van der Waals surface area (Å²) in [5.41, 5.74) is 3.25. The van der Waals surface area contributed by atoms with Gasteiger partial charge in [-0.1, -0.05) is 0 Å². The highest BCUT2D eigenvalue weighted by Gasteiger charge is 2.14. The molecule has 130 valence electrons. The minimum Gasteiger partial charge on any atom is -0.497 e. The first-order chi connectivity index (χ1) is 12.0. The molecule has 0 radical (unpaired) electrons. The molecule has 0 amide bonds. The molecule has 2 aromatic carbocycles. The van der Waals surface area contributed by atoms with E-state index >= 15 is 0 Å². The number of hydrogen-bond donors (Lipinski definition) is 1. The summed E-state index contributed by atoms with van der Waals surface area (Å²) < 4.78 is 24.0. The van der Waals surface area contributed by atoms with Crippen molar-refractivity contribution >= 4 is 16.7 Å². The van der Waals surface area contributed by atoms with E-state index in [-0.39, 0.29) is 11.6 Å². The van der Waals surface area contributed by atoms with E-state index in [1.54, 1.807) is 26.4 Å². The number of carbonyl (C=O) groups is 1. The average molecular weight is 341 g/mol. The van der Waals surface area contributed by atoms with Gasteiger partial charge in [0.25, 0.3) is 0 Å². The van der Waals surface area contributed by atoms with Crippen LogP contribution >= 0.6 is 0 Å². The zero-order chi connectivity index (χ0) is 18.0. The number of fused-ring (bicyclic) bond motifs is 1. The molecule has 0 aliphatic carbocycles. The van der Waals surface area contributed by atoms with Crippen molar-refractivity contribution in [3.8, 4) is 11.5 Å². The second kappa shape index (κ2) is 6.97. The Labute approximate surface area is 145 Å². The topological polar surface area (TPSA) is 51.3 Å². The van der Waals surface area contributed by atoms with Gasteiger partial charge in [0.15, 0.2) is 5.78 Å². The first-order valence-electron chi connectivity index (χ1n) is 8.05. The van der Waals surface area contributed by atoms with Gasteiger partial charge in [0, 0.05) is 23.4 Å². The second-order valence-electron chi connectivity index (χ2n) is 5.96. The fourth-order valence-corrected chi connectivity index (χ4v) is 3.00. The largest absolute Gasteiger partial charge is 0.497 e. The predicted molar refractivity (Wildman–Crippen MR) is 95.2 cm³/mol. The molecule has 4 nitrogen and oxygen atoms in total. The lowest BCUT2D eigenvalue weighted by molar-refractivity contribution is 0.0978. The molecule has 0 saturated carbocycles. The van der Waals surface area contributed by atoms with Crippen molar-refractivity contribution in [2.24, 2.45) is 0 Å². The van der Waals surface area contributed by atoms with Crippen LogP contribution in [0.1, 0.15) is 28.0 Å². The van der Waals surface area contributed by atoms with Gasteiger partial charge in [-0.2, -0.15) is 0 Å². The van der Waals surface area contributed by atoms with Gasteiger partial charge in [-0.3, -0.25) is 4.79 Å². The van der Waals surface area contributed by atoms with Crippen molar-refractivity contribution in [3.05, 3.63) is 59.0 Å². The number of aryl methyl sites for hydroxylation is 1. The van der Waals surface area contributed by atoms with Crippen LogP contribution < -0.4 is 9.47 Å². The van der Waals surface area contributed by atoms with Gasteiger partial charge in [0.1, 0.15) is 17.3 Å². The monoisotopic (exact) mass is 341 g/mol. The normalized spacial score (nSPS) is 10.9. The predicted octanol–water partition coefficient (Wildman–Crippen LogP) is 4.45. The maximum absolute atomic E-state index is 13.3. The molecular formula is C20H20FNO3. The summed E-state index contributed by atoms with van der Waals surface area (Å²) in [5.74, 6) is 1.10. The Bertz CT molecular complexity index is 930. The molecule has 25 heavy (non-hydrogen) atoms. The van der Waals surface area contributed by atoms with Crippen molar-refractivity contribution in [2.45, 2.75) is 19.8 Å². The van der Waals surface area contributed by atoms with Crippen LogP contribution in [0.15, 0.2) is 36.4 Å². The number of rotatable bonds is 6. The van der Waals surface area contributed by atoms with Gasteiger partial charge in [-0.25, -0.2) is 4.39 Å². The lowest BCUT2D eigenvalue weighted by Gasteiger charge is -2.13. The third-order valence-electron chi connectivity index (χ3n) is 4.35. The lowest BCUT2D eigenvalue weighted by atomic mass is 10.00. The smallest absolute Gasteiger partial charge is 0.179 e. The van der Waals surface area contributed by atoms with Crippen LogP contribution in [0, 0.1) is 12.7 Å². The molecule has 3 aromatic rings. The maximum Gasteiger partial charge on any atom is 0.179 e. The van der Waals surface area contributed by atoms with Gasteiger partial charge in [-0.05, 0) is 54.8 Å². The zero-order valence-corrected chi connectivity index (χ0v) is 14.5. The first kappa shape index (κ1) is 17.0. The third-order valence-corrected chi connectivity index (χ3v) is 4.35. The third kappa shape index (κ3) is 3.50. The number of benzene rings is 2. The van der Waals surface area contributed by atoms with E-state index in [0.29, 0.717) is 29.7 Å². The highest BCUT2D eigenvalue weighted by Crippen LogP contribution is 2.30. The summed E-state index contributed by atoms with van der Waals surface area (Å²) in [6.45, 7) is 1.97. The highest BCUT2D eigenvalue weighted by atomic mass is 19.1. The van der Waals surface area contributed by atoms with Crippen LogP contribution in [0.4, 0.5) is 4.39 Å². The number of methoxy groups -OCH3 is 2. The molecule has 0 aliphatic rings. The minimum absolute atomic E-state index is 0.0196. The highest BCUT2D eigenvalue weighted by molar-refractivity contribution is 5.99. The molecule has 0 aliphatic heterocycles. The van der Waals surface area contributed by atoms with Crippen LogP contribution in [-0.2, 0) is 6.42 Å². The molecule has 0 unspecified atom stereocenters. The van der Waals surface area contributed by atoms with Crippen LogP contribution in [-0.4, -0.2) is 25.0 Å². The van der Waals surface area contributed by atoms with Crippen molar-refractivity contribution in [1.29, 1.82) is 0 Å². The quantitative estimate of drug-likeness (QED) is 0.674. The summed E-state index contributed by atoms with van der Waals surface area (Å²) in [4.78, 5) is 15.6. The Balaban J connectivity index is 1.79. The van der Waals surface area contributed by atoms with Crippen LogP contribution in [0.3, 0.4) is 0 Å². The Morgan fingerprint density at radius 2 is 1.92 bits per heavy atom. The van der Waals surface area contributed by atoms with Gasteiger partial charge in [-0.15, -0.1) is 0 Å². The molecule has 0 saturated heterocycles. The Morgan fingerprint density at radius 3 is 2.64 bits per heavy atom. The number of halogens is 1. The van der Waals surface area contributed by atoms with E-state index in [1.807, 2.05) is 19.1 Å². The fraction of sp³-hybridized carbons (Fsp3) is 0.250. The number of H-pyrrole nitrogens is 1. The van der Waals surface area contributed by atoms with E-state index in [2.05, 4.69) is 4.98 Å². The number of hydrogen-bond acceptors (Lipinski definition) is 3. The number of ether oxygens (including phenoxy) is 2. The van der Waals surface area contributed by atoms with Crippen molar-refractivity contribution in [1.82, 2.24) is 4.98 Å². The standard InChI is InChI=1S/C20H20FNO3/c1-12-8-15(24-2)11-20(25-3)16(12)5-7-19(23)18-10-13-9-14(21)4-6-17(13)22-18/h4,6,8-11,22H,5,7H2,1-3H3. The molecule has 5 heteroatoms. The second-order valence-corrected chi connectivity index (χ2v) is 5.96. The van der Waals surface area contributed by atoms with Gasteiger partial charge in [0.2, 0.25) is 0 Å². The molecule has 1 N–H and O–H groups in total. The number of aromatic nitrogens is 1. The number of carbonyl (C=O) groups excluding carboxylic acids is 1. The Kier molecular flexibility index (Phi) is 4.74. The van der Waals surface area contributed by atoms with E-state index in [1.165, 1.54) is 12.1 Å². The molecular weight excluding hydrogens is 321 g/mol. The molecule has 0 fully saturated rings. The van der Waals surface area contributed by atoms with E-state index < -0.39 is 0 Å². The Morgan fingerprint density at radius 1 is 1.12 bits per heavy atom. The molecule has 3 rings (SSSR count). The average Bonchev–Trinajstić information content (AvgIpc) is 3.02.